The molecule has 0 bridgehead atoms. The highest BCUT2D eigenvalue weighted by Crippen LogP contribution is 2.27. The van der Waals surface area contributed by atoms with E-state index >= 15 is 0 Å². The van der Waals surface area contributed by atoms with Crippen molar-refractivity contribution < 1.29 is 9.59 Å². The average Bonchev–Trinajstić information content (AvgIpc) is 3.56. The smallest absolute Gasteiger partial charge is 0.212 e. The molecule has 4 rings (SSSR count). The predicted octanol–water partition coefficient (Wildman–Crippen LogP) is 3.61. The fourth-order valence-corrected chi connectivity index (χ4v) is 2.68. The van der Waals surface area contributed by atoms with Gasteiger partial charge >= 0.3 is 0 Å². The lowest BCUT2D eigenvalue weighted by molar-refractivity contribution is -0.119. The van der Waals surface area contributed by atoms with E-state index in [0.29, 0.717) is 18.6 Å². The Hall–Kier alpha value is -3.02. The summed E-state index contributed by atoms with van der Waals surface area (Å²) in [6.07, 6.45) is 12.8. The predicted molar refractivity (Wildman–Crippen MR) is 107 cm³/mol. The molecule has 0 saturated heterocycles. The van der Waals surface area contributed by atoms with E-state index < -0.39 is 0 Å². The van der Waals surface area contributed by atoms with E-state index in [4.69, 9.17) is 0 Å². The molecule has 1 aliphatic carbocycles. The molecule has 1 amide bonds. The molecule has 2 aromatic rings. The van der Waals surface area contributed by atoms with Gasteiger partial charge in [0, 0.05) is 41.4 Å². The first-order valence-corrected chi connectivity index (χ1v) is 9.26. The zero-order chi connectivity index (χ0) is 19.2. The molecule has 1 saturated carbocycles. The van der Waals surface area contributed by atoms with E-state index in [1.54, 1.807) is 18.5 Å². The van der Waals surface area contributed by atoms with Crippen molar-refractivity contribution in [2.45, 2.75) is 45.6 Å². The molecule has 140 valence electrons. The molecular weight excluding hydrogens is 340 g/mol. The van der Waals surface area contributed by atoms with Gasteiger partial charge in [0.25, 0.3) is 0 Å². The molecule has 1 aliphatic heterocycles. The van der Waals surface area contributed by atoms with Gasteiger partial charge in [-0.15, -0.1) is 0 Å². The number of Topliss-reactive ketones (excluding diaryl/α,β-unsaturated/α-hetero) is 1. The second-order valence-corrected chi connectivity index (χ2v) is 6.68. The second kappa shape index (κ2) is 8.58. The summed E-state index contributed by atoms with van der Waals surface area (Å²) in [7, 11) is 0. The molecule has 0 radical (unpaired) electrons. The zero-order valence-electron chi connectivity index (χ0n) is 15.7. The molecule has 27 heavy (non-hydrogen) atoms. The van der Waals surface area contributed by atoms with Gasteiger partial charge in [0.2, 0.25) is 6.41 Å². The number of hydrogen-bond donors (Lipinski definition) is 2. The van der Waals surface area contributed by atoms with Crippen LogP contribution in [-0.4, -0.2) is 28.2 Å². The van der Waals surface area contributed by atoms with Crippen LogP contribution in [0.25, 0.3) is 16.3 Å². The Morgan fingerprint density at radius 2 is 1.93 bits per heavy atom. The Labute approximate surface area is 158 Å². The van der Waals surface area contributed by atoms with E-state index in [-0.39, 0.29) is 11.8 Å². The fraction of sp³-hybridized carbons (Fsp3) is 0.333. The maximum Gasteiger partial charge on any atom is 0.212 e. The van der Waals surface area contributed by atoms with Gasteiger partial charge in [-0.25, -0.2) is 4.98 Å². The molecule has 2 aromatic heterocycles. The van der Waals surface area contributed by atoms with Gasteiger partial charge in [-0.05, 0) is 24.6 Å². The van der Waals surface area contributed by atoms with Gasteiger partial charge in [0.1, 0.15) is 11.9 Å². The van der Waals surface area contributed by atoms with Crippen LogP contribution in [-0.2, 0) is 9.59 Å². The van der Waals surface area contributed by atoms with Crippen molar-refractivity contribution in [3.63, 3.8) is 0 Å². The van der Waals surface area contributed by atoms with Crippen LogP contribution >= 0.6 is 0 Å². The highest BCUT2D eigenvalue weighted by Gasteiger charge is 2.19. The lowest BCUT2D eigenvalue weighted by Gasteiger charge is -2.20. The van der Waals surface area contributed by atoms with E-state index in [9.17, 15) is 9.59 Å². The number of nitrogens with zero attached hydrogens (tertiary/aromatic N) is 2. The molecular formula is C21H24N4O2. The number of carbonyl (C=O) groups excluding carboxylic acids is 2. The van der Waals surface area contributed by atoms with Gasteiger partial charge in [-0.1, -0.05) is 32.3 Å². The summed E-state index contributed by atoms with van der Waals surface area (Å²) in [5.41, 5.74) is 2.77. The van der Waals surface area contributed by atoms with Crippen molar-refractivity contribution in [2.24, 2.45) is 0 Å². The molecule has 0 aromatic carbocycles. The normalized spacial score (nSPS) is 17.6. The second-order valence-electron chi connectivity index (χ2n) is 6.68. The van der Waals surface area contributed by atoms with Crippen molar-refractivity contribution in [2.75, 3.05) is 5.32 Å². The highest BCUT2D eigenvalue weighted by atomic mass is 16.1. The third-order valence-electron chi connectivity index (χ3n) is 4.38. The SMILES string of the molecule is C1CC1.CCC(=O)C1C=C(C)C(c2cc3cnc(NC=O)cc3cn2)=CN1. The number of anilines is 1. The lowest BCUT2D eigenvalue weighted by Crippen LogP contribution is -2.33. The first-order chi connectivity index (χ1) is 13.1. The zero-order valence-corrected chi connectivity index (χ0v) is 15.7. The minimum absolute atomic E-state index is 0.163. The number of dihydropyridines is 1. The van der Waals surface area contributed by atoms with Gasteiger partial charge < -0.3 is 10.6 Å². The van der Waals surface area contributed by atoms with Crippen molar-refractivity contribution in [3.8, 4) is 0 Å². The quantitative estimate of drug-likeness (QED) is 0.792. The number of rotatable bonds is 5. The van der Waals surface area contributed by atoms with Crippen LogP contribution in [0.4, 0.5) is 5.82 Å². The summed E-state index contributed by atoms with van der Waals surface area (Å²) in [5, 5.41) is 7.47. The standard InChI is InChI=1S/C18H18N4O2.C3H6/c1-3-17(24)16-4-11(2)14(9-20-16)15-5-12-8-21-18(22-10-23)6-13(12)7-19-15;1-2-3-1/h4-10,16,20H,3H2,1-2H3,(H,21,22,23);1-3H2. The summed E-state index contributed by atoms with van der Waals surface area (Å²) < 4.78 is 0. The first kappa shape index (κ1) is 18.8. The topological polar surface area (TPSA) is 84.0 Å². The van der Waals surface area contributed by atoms with Crippen molar-refractivity contribution in [1.29, 1.82) is 0 Å². The van der Waals surface area contributed by atoms with Crippen molar-refractivity contribution in [3.05, 3.63) is 48.1 Å². The van der Waals surface area contributed by atoms with Gasteiger partial charge in [0.05, 0.1) is 5.69 Å². The summed E-state index contributed by atoms with van der Waals surface area (Å²) in [5.74, 6) is 0.651. The molecule has 1 atom stereocenters. The Balaban J connectivity index is 0.000000637. The van der Waals surface area contributed by atoms with Crippen LogP contribution in [0.15, 0.2) is 42.4 Å². The maximum atomic E-state index is 11.8. The fourth-order valence-electron chi connectivity index (χ4n) is 2.68. The number of amides is 1. The van der Waals surface area contributed by atoms with Crippen LogP contribution in [0.1, 0.15) is 45.2 Å². The number of nitrogens with one attached hydrogen (secondary N) is 2. The summed E-state index contributed by atoms with van der Waals surface area (Å²) >= 11 is 0. The van der Waals surface area contributed by atoms with Crippen molar-refractivity contribution in [1.82, 2.24) is 15.3 Å². The summed E-state index contributed by atoms with van der Waals surface area (Å²) in [4.78, 5) is 31.0. The minimum Gasteiger partial charge on any atom is -0.378 e. The number of pyridine rings is 2. The molecule has 2 aliphatic rings. The van der Waals surface area contributed by atoms with Crippen LogP contribution in [0.3, 0.4) is 0 Å². The number of ketones is 1. The third-order valence-corrected chi connectivity index (χ3v) is 4.38. The lowest BCUT2D eigenvalue weighted by atomic mass is 9.96. The Bertz CT molecular complexity index is 913. The number of allylic oxidation sites excluding steroid dienone is 2. The van der Waals surface area contributed by atoms with E-state index in [1.165, 1.54) is 19.3 Å². The Morgan fingerprint density at radius 1 is 1.22 bits per heavy atom. The summed E-state index contributed by atoms with van der Waals surface area (Å²) in [6, 6.07) is 3.45. The van der Waals surface area contributed by atoms with Gasteiger partial charge in [-0.3, -0.25) is 14.6 Å². The molecule has 0 spiro atoms. The number of aromatic nitrogens is 2. The largest absolute Gasteiger partial charge is 0.378 e. The average molecular weight is 364 g/mol. The van der Waals surface area contributed by atoms with Crippen LogP contribution < -0.4 is 10.6 Å². The van der Waals surface area contributed by atoms with Crippen LogP contribution in [0.5, 0.6) is 0 Å². The van der Waals surface area contributed by atoms with E-state index in [2.05, 4.69) is 20.6 Å². The molecule has 2 N–H and O–H groups in total. The first-order valence-electron chi connectivity index (χ1n) is 9.26. The Kier molecular flexibility index (Phi) is 5.96. The molecule has 1 fully saturated rings. The number of fused-ring (bicyclic) bond motifs is 1. The van der Waals surface area contributed by atoms with Gasteiger partial charge in [0.15, 0.2) is 5.78 Å². The van der Waals surface area contributed by atoms with E-state index in [0.717, 1.165) is 27.6 Å². The summed E-state index contributed by atoms with van der Waals surface area (Å²) in [6.45, 7) is 3.84. The van der Waals surface area contributed by atoms with Crippen LogP contribution in [0, 0.1) is 0 Å². The van der Waals surface area contributed by atoms with Gasteiger partial charge in [-0.2, -0.15) is 0 Å². The number of carbonyl (C=O) groups is 2. The van der Waals surface area contributed by atoms with Crippen LogP contribution in [0.2, 0.25) is 0 Å². The monoisotopic (exact) mass is 364 g/mol. The highest BCUT2D eigenvalue weighted by molar-refractivity contribution is 5.91. The maximum absolute atomic E-state index is 11.8. The van der Waals surface area contributed by atoms with Crippen molar-refractivity contribution >= 4 is 34.4 Å². The molecule has 3 heterocycles. The molecule has 6 heteroatoms. The third kappa shape index (κ3) is 4.78. The molecule has 6 nitrogen and oxygen atoms in total. The number of hydrogen-bond acceptors (Lipinski definition) is 5. The Morgan fingerprint density at radius 3 is 2.56 bits per heavy atom. The van der Waals surface area contributed by atoms with E-state index in [1.807, 2.05) is 32.2 Å². The molecule has 1 unspecified atom stereocenters. The minimum atomic E-state index is -0.266.